The van der Waals surface area contributed by atoms with Gasteiger partial charge in [-0.3, -0.25) is 9.59 Å². The van der Waals surface area contributed by atoms with E-state index in [0.717, 1.165) is 0 Å². The van der Waals surface area contributed by atoms with Crippen molar-refractivity contribution in [2.45, 2.75) is 46.1 Å². The van der Waals surface area contributed by atoms with Gasteiger partial charge in [0.25, 0.3) is 5.91 Å². The molecule has 0 radical (unpaired) electrons. The third-order valence-corrected chi connectivity index (χ3v) is 4.26. The van der Waals surface area contributed by atoms with E-state index in [4.69, 9.17) is 9.47 Å². The van der Waals surface area contributed by atoms with Gasteiger partial charge in [-0.15, -0.1) is 0 Å². The molecular weight excluding hydrogens is 342 g/mol. The normalized spacial score (nSPS) is 12.2. The van der Waals surface area contributed by atoms with Crippen LogP contribution in [0.2, 0.25) is 0 Å². The zero-order valence-corrected chi connectivity index (χ0v) is 16.8. The summed E-state index contributed by atoms with van der Waals surface area (Å²) in [6.07, 6.45) is -0.780. The first kappa shape index (κ1) is 20.5. The summed E-state index contributed by atoms with van der Waals surface area (Å²) < 4.78 is 10.9. The lowest BCUT2D eigenvalue weighted by Crippen LogP contribution is -2.30. The number of Topliss-reactive ketones (excluding diaryl/α,β-unsaturated/α-hetero) is 1. The number of carbonyl (C=O) groups is 2. The van der Waals surface area contributed by atoms with Crippen LogP contribution in [0.5, 0.6) is 11.5 Å². The molecule has 1 N–H and O–H groups in total. The average molecular weight is 369 g/mol. The predicted octanol–water partition coefficient (Wildman–Crippen LogP) is 4.60. The van der Waals surface area contributed by atoms with Gasteiger partial charge >= 0.3 is 0 Å². The van der Waals surface area contributed by atoms with Crippen LogP contribution in [-0.2, 0) is 10.2 Å². The summed E-state index contributed by atoms with van der Waals surface area (Å²) in [6.45, 7) is 9.50. The summed E-state index contributed by atoms with van der Waals surface area (Å²) >= 11 is 0. The largest absolute Gasteiger partial charge is 0.497 e. The Kier molecular flexibility index (Phi) is 6.26. The van der Waals surface area contributed by atoms with Gasteiger partial charge in [0, 0.05) is 11.8 Å². The number of benzene rings is 2. The standard InChI is InChI=1S/C22H27NO4/c1-14(24)19-12-11-18(26-6)13-20(19)27-15(2)21(25)23-17-9-7-16(8-10-17)22(3,4)5/h7-13,15H,1-6H3,(H,23,25). The molecule has 0 heterocycles. The van der Waals surface area contributed by atoms with Crippen molar-refractivity contribution in [3.05, 3.63) is 53.6 Å². The number of carbonyl (C=O) groups excluding carboxylic acids is 2. The molecule has 0 fully saturated rings. The predicted molar refractivity (Wildman–Crippen MR) is 107 cm³/mol. The monoisotopic (exact) mass is 369 g/mol. The van der Waals surface area contributed by atoms with Crippen molar-refractivity contribution in [2.75, 3.05) is 12.4 Å². The molecule has 0 saturated carbocycles. The maximum Gasteiger partial charge on any atom is 0.265 e. The summed E-state index contributed by atoms with van der Waals surface area (Å²) in [6, 6.07) is 12.7. The van der Waals surface area contributed by atoms with E-state index in [1.165, 1.54) is 19.6 Å². The second kappa shape index (κ2) is 8.25. The summed E-state index contributed by atoms with van der Waals surface area (Å²) in [5, 5.41) is 2.84. The van der Waals surface area contributed by atoms with Crippen LogP contribution in [0.15, 0.2) is 42.5 Å². The Morgan fingerprint density at radius 1 is 1.04 bits per heavy atom. The Morgan fingerprint density at radius 2 is 1.67 bits per heavy atom. The number of rotatable bonds is 6. The smallest absolute Gasteiger partial charge is 0.265 e. The molecule has 2 aromatic carbocycles. The maximum absolute atomic E-state index is 12.5. The minimum atomic E-state index is -0.780. The van der Waals surface area contributed by atoms with Crippen LogP contribution in [0.4, 0.5) is 5.69 Å². The van der Waals surface area contributed by atoms with E-state index in [2.05, 4.69) is 26.1 Å². The summed E-state index contributed by atoms with van der Waals surface area (Å²) in [4.78, 5) is 24.3. The van der Waals surface area contributed by atoms with Crippen molar-refractivity contribution >= 4 is 17.4 Å². The fourth-order valence-electron chi connectivity index (χ4n) is 2.56. The molecule has 2 rings (SSSR count). The Balaban J connectivity index is 2.11. The molecule has 0 aliphatic rings. The molecular formula is C22H27NO4. The van der Waals surface area contributed by atoms with E-state index in [1.54, 1.807) is 25.1 Å². The van der Waals surface area contributed by atoms with E-state index in [0.29, 0.717) is 22.7 Å². The zero-order chi connectivity index (χ0) is 20.2. The molecule has 1 atom stereocenters. The van der Waals surface area contributed by atoms with Crippen molar-refractivity contribution in [3.63, 3.8) is 0 Å². The molecule has 27 heavy (non-hydrogen) atoms. The van der Waals surface area contributed by atoms with Gasteiger partial charge in [-0.05, 0) is 49.1 Å². The number of ketones is 1. The summed E-state index contributed by atoms with van der Waals surface area (Å²) in [5.74, 6) is 0.446. The lowest BCUT2D eigenvalue weighted by molar-refractivity contribution is -0.122. The molecule has 0 aliphatic heterocycles. The molecule has 1 unspecified atom stereocenters. The molecule has 0 aromatic heterocycles. The number of hydrogen-bond acceptors (Lipinski definition) is 4. The highest BCUT2D eigenvalue weighted by Gasteiger charge is 2.19. The fourth-order valence-corrected chi connectivity index (χ4v) is 2.56. The highest BCUT2D eigenvalue weighted by molar-refractivity contribution is 5.98. The fraction of sp³-hybridized carbons (Fsp3) is 0.364. The van der Waals surface area contributed by atoms with Gasteiger partial charge in [-0.25, -0.2) is 0 Å². The zero-order valence-electron chi connectivity index (χ0n) is 16.8. The lowest BCUT2D eigenvalue weighted by Gasteiger charge is -2.20. The van der Waals surface area contributed by atoms with Gasteiger partial charge in [0.1, 0.15) is 11.5 Å². The van der Waals surface area contributed by atoms with Gasteiger partial charge in [-0.2, -0.15) is 0 Å². The first-order chi connectivity index (χ1) is 12.6. The van der Waals surface area contributed by atoms with E-state index in [9.17, 15) is 9.59 Å². The average Bonchev–Trinajstić information content (AvgIpc) is 2.61. The van der Waals surface area contributed by atoms with Crippen molar-refractivity contribution in [2.24, 2.45) is 0 Å². The molecule has 0 saturated heterocycles. The van der Waals surface area contributed by atoms with Gasteiger partial charge in [-0.1, -0.05) is 32.9 Å². The van der Waals surface area contributed by atoms with E-state index < -0.39 is 6.10 Å². The van der Waals surface area contributed by atoms with Crippen LogP contribution in [0.1, 0.15) is 50.5 Å². The van der Waals surface area contributed by atoms with Gasteiger partial charge in [0.2, 0.25) is 0 Å². The second-order valence-corrected chi connectivity index (χ2v) is 7.49. The van der Waals surface area contributed by atoms with Crippen LogP contribution in [0, 0.1) is 0 Å². The Morgan fingerprint density at radius 3 is 2.19 bits per heavy atom. The number of anilines is 1. The van der Waals surface area contributed by atoms with Crippen LogP contribution in [0.25, 0.3) is 0 Å². The molecule has 0 bridgehead atoms. The van der Waals surface area contributed by atoms with Crippen molar-refractivity contribution in [1.29, 1.82) is 0 Å². The van der Waals surface area contributed by atoms with Gasteiger partial charge < -0.3 is 14.8 Å². The van der Waals surface area contributed by atoms with Crippen LogP contribution in [0.3, 0.4) is 0 Å². The number of nitrogens with one attached hydrogen (secondary N) is 1. The third-order valence-electron chi connectivity index (χ3n) is 4.26. The number of hydrogen-bond donors (Lipinski definition) is 1. The van der Waals surface area contributed by atoms with Crippen LogP contribution in [-0.4, -0.2) is 24.9 Å². The Hall–Kier alpha value is -2.82. The van der Waals surface area contributed by atoms with Crippen molar-refractivity contribution in [1.82, 2.24) is 0 Å². The minimum absolute atomic E-state index is 0.0500. The van der Waals surface area contributed by atoms with Crippen molar-refractivity contribution in [3.8, 4) is 11.5 Å². The van der Waals surface area contributed by atoms with E-state index in [1.807, 2.05) is 24.3 Å². The molecule has 1 amide bonds. The first-order valence-electron chi connectivity index (χ1n) is 8.89. The molecule has 5 nitrogen and oxygen atoms in total. The first-order valence-corrected chi connectivity index (χ1v) is 8.89. The SMILES string of the molecule is COc1ccc(C(C)=O)c(OC(C)C(=O)Nc2ccc(C(C)(C)C)cc2)c1. The molecule has 144 valence electrons. The second-order valence-electron chi connectivity index (χ2n) is 7.49. The quantitative estimate of drug-likeness (QED) is 0.756. The van der Waals surface area contributed by atoms with Crippen molar-refractivity contribution < 1.29 is 19.1 Å². The summed E-state index contributed by atoms with van der Waals surface area (Å²) in [7, 11) is 1.53. The summed E-state index contributed by atoms with van der Waals surface area (Å²) in [5.41, 5.74) is 2.34. The highest BCUT2D eigenvalue weighted by atomic mass is 16.5. The van der Waals surface area contributed by atoms with Gasteiger partial charge in [0.15, 0.2) is 11.9 Å². The van der Waals surface area contributed by atoms with Crippen LogP contribution < -0.4 is 14.8 Å². The highest BCUT2D eigenvalue weighted by Crippen LogP contribution is 2.27. The van der Waals surface area contributed by atoms with Gasteiger partial charge in [0.05, 0.1) is 12.7 Å². The molecule has 5 heteroatoms. The number of ether oxygens (including phenoxy) is 2. The minimum Gasteiger partial charge on any atom is -0.497 e. The third kappa shape index (κ3) is 5.33. The van der Waals surface area contributed by atoms with E-state index in [-0.39, 0.29) is 17.1 Å². The Bertz CT molecular complexity index is 819. The Labute approximate surface area is 160 Å². The molecule has 2 aromatic rings. The maximum atomic E-state index is 12.5. The molecule has 0 spiro atoms. The number of methoxy groups -OCH3 is 1. The molecule has 0 aliphatic carbocycles. The lowest BCUT2D eigenvalue weighted by atomic mass is 9.87. The van der Waals surface area contributed by atoms with E-state index >= 15 is 0 Å². The topological polar surface area (TPSA) is 64.6 Å². The number of amides is 1. The van der Waals surface area contributed by atoms with Crippen LogP contribution >= 0.6 is 0 Å².